The van der Waals surface area contributed by atoms with Gasteiger partial charge in [0.15, 0.2) is 5.16 Å². The molecule has 2 rings (SSSR count). The summed E-state index contributed by atoms with van der Waals surface area (Å²) in [5.74, 6) is 0.921. The minimum Gasteiger partial charge on any atom is -0.477 e. The topological polar surface area (TPSA) is 73.9 Å². The highest BCUT2D eigenvalue weighted by molar-refractivity contribution is 7.98. The number of nitrogen functional groups attached to an aromatic ring is 1. The third-order valence-electron chi connectivity index (χ3n) is 2.22. The molecule has 6 heteroatoms. The average Bonchev–Trinajstić information content (AvgIpc) is 2.39. The average molecular weight is 262 g/mol. The van der Waals surface area contributed by atoms with Crippen molar-refractivity contribution in [3.63, 3.8) is 0 Å². The van der Waals surface area contributed by atoms with Crippen LogP contribution in [0.5, 0.6) is 5.88 Å². The first-order chi connectivity index (χ1) is 8.78. The van der Waals surface area contributed by atoms with Gasteiger partial charge in [-0.3, -0.25) is 4.98 Å². The Morgan fingerprint density at radius 2 is 2.22 bits per heavy atom. The predicted octanol–water partition coefficient (Wildman–Crippen LogP) is 1.80. The van der Waals surface area contributed by atoms with Crippen molar-refractivity contribution in [2.75, 3.05) is 18.6 Å². The molecule has 18 heavy (non-hydrogen) atoms. The molecular weight excluding hydrogens is 248 g/mol. The van der Waals surface area contributed by atoms with Gasteiger partial charge >= 0.3 is 0 Å². The number of hydrogen-bond acceptors (Lipinski definition) is 6. The second-order valence-electron chi connectivity index (χ2n) is 3.54. The molecule has 0 amide bonds. The van der Waals surface area contributed by atoms with E-state index in [1.54, 1.807) is 12.3 Å². The van der Waals surface area contributed by atoms with Crippen LogP contribution < -0.4 is 10.5 Å². The molecule has 0 aliphatic rings. The molecule has 0 radical (unpaired) electrons. The van der Waals surface area contributed by atoms with Gasteiger partial charge in [-0.25, -0.2) is 4.98 Å². The molecule has 2 N–H and O–H groups in total. The highest BCUT2D eigenvalue weighted by Gasteiger charge is 2.03. The summed E-state index contributed by atoms with van der Waals surface area (Å²) in [7, 11) is 0. The van der Waals surface area contributed by atoms with Gasteiger partial charge in [-0.1, -0.05) is 17.8 Å². The fourth-order valence-corrected chi connectivity index (χ4v) is 1.77. The van der Waals surface area contributed by atoms with Crippen LogP contribution in [0.2, 0.25) is 0 Å². The Labute approximate surface area is 110 Å². The number of aromatic nitrogens is 3. The molecule has 0 aromatic carbocycles. The Kier molecular flexibility index (Phi) is 4.35. The van der Waals surface area contributed by atoms with Crippen LogP contribution in [0.1, 0.15) is 5.69 Å². The van der Waals surface area contributed by atoms with Gasteiger partial charge < -0.3 is 10.5 Å². The third kappa shape index (κ3) is 3.59. The molecule has 0 atom stereocenters. The third-order valence-corrected chi connectivity index (χ3v) is 2.77. The largest absolute Gasteiger partial charge is 0.477 e. The highest BCUT2D eigenvalue weighted by Crippen LogP contribution is 2.16. The molecule has 0 unspecified atom stereocenters. The zero-order valence-corrected chi connectivity index (χ0v) is 10.9. The second kappa shape index (κ2) is 6.20. The Bertz CT molecular complexity index is 507. The molecule has 5 nitrogen and oxygen atoms in total. The zero-order valence-electron chi connectivity index (χ0n) is 10.0. The summed E-state index contributed by atoms with van der Waals surface area (Å²) in [5.41, 5.74) is 6.65. The van der Waals surface area contributed by atoms with Crippen LogP contribution in [-0.2, 0) is 6.42 Å². The summed E-state index contributed by atoms with van der Waals surface area (Å²) < 4.78 is 5.55. The van der Waals surface area contributed by atoms with E-state index in [4.69, 9.17) is 10.5 Å². The minimum atomic E-state index is 0.419. The number of nitrogens with zero attached hydrogens (tertiary/aromatic N) is 3. The van der Waals surface area contributed by atoms with Crippen LogP contribution in [0.3, 0.4) is 0 Å². The predicted molar refractivity (Wildman–Crippen MR) is 71.7 cm³/mol. The van der Waals surface area contributed by atoms with Crippen LogP contribution in [-0.4, -0.2) is 27.8 Å². The van der Waals surface area contributed by atoms with Crippen molar-refractivity contribution < 1.29 is 4.74 Å². The van der Waals surface area contributed by atoms with Gasteiger partial charge in [0.1, 0.15) is 5.82 Å². The first-order valence-corrected chi connectivity index (χ1v) is 6.71. The van der Waals surface area contributed by atoms with Crippen molar-refractivity contribution in [3.05, 3.63) is 36.2 Å². The molecule has 0 aliphatic heterocycles. The summed E-state index contributed by atoms with van der Waals surface area (Å²) in [5, 5.41) is 0.614. The fraction of sp³-hybridized carbons (Fsp3) is 0.250. The first kappa shape index (κ1) is 12.6. The molecule has 0 aliphatic carbocycles. The molecule has 94 valence electrons. The van der Waals surface area contributed by atoms with Gasteiger partial charge in [-0.15, -0.1) is 0 Å². The molecule has 2 aromatic rings. The highest BCUT2D eigenvalue weighted by atomic mass is 32.2. The molecule has 0 saturated carbocycles. The number of anilines is 1. The summed E-state index contributed by atoms with van der Waals surface area (Å²) in [6, 6.07) is 7.43. The number of hydrogen-bond donors (Lipinski definition) is 1. The van der Waals surface area contributed by atoms with E-state index in [0.717, 1.165) is 12.1 Å². The first-order valence-electron chi connectivity index (χ1n) is 5.49. The van der Waals surface area contributed by atoms with Gasteiger partial charge in [-0.2, -0.15) is 4.98 Å². The Balaban J connectivity index is 1.92. The number of nitrogens with two attached hydrogens (primary N) is 1. The normalized spacial score (nSPS) is 10.3. The van der Waals surface area contributed by atoms with Crippen molar-refractivity contribution in [3.8, 4) is 5.88 Å². The maximum absolute atomic E-state index is 5.66. The van der Waals surface area contributed by atoms with Crippen LogP contribution in [0.15, 0.2) is 35.6 Å². The standard InChI is InChI=1S/C12H14N4OS/c1-18-12-15-10(13)8-11(16-12)17-7-5-9-4-2-3-6-14-9/h2-4,6,8H,5,7H2,1H3,(H2,13,15,16). The molecule has 2 heterocycles. The number of pyridine rings is 1. The number of thioether (sulfide) groups is 1. The van der Waals surface area contributed by atoms with E-state index >= 15 is 0 Å². The van der Waals surface area contributed by atoms with E-state index in [0.29, 0.717) is 23.5 Å². The van der Waals surface area contributed by atoms with Crippen molar-refractivity contribution >= 4 is 17.6 Å². The van der Waals surface area contributed by atoms with E-state index in [9.17, 15) is 0 Å². The fourth-order valence-electron chi connectivity index (χ4n) is 1.39. The van der Waals surface area contributed by atoms with E-state index in [1.165, 1.54) is 11.8 Å². The summed E-state index contributed by atoms with van der Waals surface area (Å²) in [4.78, 5) is 12.5. The Morgan fingerprint density at radius 3 is 2.94 bits per heavy atom. The van der Waals surface area contributed by atoms with E-state index in [-0.39, 0.29) is 0 Å². The summed E-state index contributed by atoms with van der Waals surface area (Å²) in [6.45, 7) is 0.515. The van der Waals surface area contributed by atoms with Crippen molar-refractivity contribution in [1.82, 2.24) is 15.0 Å². The lowest BCUT2D eigenvalue weighted by Gasteiger charge is -2.06. The Hall–Kier alpha value is -1.82. The molecule has 0 spiro atoms. The zero-order chi connectivity index (χ0) is 12.8. The van der Waals surface area contributed by atoms with E-state index in [1.807, 2.05) is 24.5 Å². The van der Waals surface area contributed by atoms with Gasteiger partial charge in [0.25, 0.3) is 0 Å². The lowest BCUT2D eigenvalue weighted by molar-refractivity contribution is 0.305. The maximum atomic E-state index is 5.66. The molecule has 0 saturated heterocycles. The van der Waals surface area contributed by atoms with Gasteiger partial charge in [-0.05, 0) is 18.4 Å². The maximum Gasteiger partial charge on any atom is 0.219 e. The van der Waals surface area contributed by atoms with Crippen molar-refractivity contribution in [2.24, 2.45) is 0 Å². The van der Waals surface area contributed by atoms with Crippen LogP contribution in [0.4, 0.5) is 5.82 Å². The van der Waals surface area contributed by atoms with Gasteiger partial charge in [0, 0.05) is 24.4 Å². The summed E-state index contributed by atoms with van der Waals surface area (Å²) >= 11 is 1.43. The van der Waals surface area contributed by atoms with Gasteiger partial charge in [0.05, 0.1) is 6.61 Å². The van der Waals surface area contributed by atoms with E-state index in [2.05, 4.69) is 15.0 Å². The van der Waals surface area contributed by atoms with Gasteiger partial charge in [0.2, 0.25) is 5.88 Å². The smallest absolute Gasteiger partial charge is 0.219 e. The number of ether oxygens (including phenoxy) is 1. The molecular formula is C12H14N4OS. The van der Waals surface area contributed by atoms with E-state index < -0.39 is 0 Å². The van der Waals surface area contributed by atoms with Crippen LogP contribution >= 0.6 is 11.8 Å². The van der Waals surface area contributed by atoms with Crippen molar-refractivity contribution in [2.45, 2.75) is 11.6 Å². The second-order valence-corrected chi connectivity index (χ2v) is 4.31. The molecule has 2 aromatic heterocycles. The molecule has 0 fully saturated rings. The monoisotopic (exact) mass is 262 g/mol. The lowest BCUT2D eigenvalue weighted by Crippen LogP contribution is -2.05. The molecule has 0 bridgehead atoms. The minimum absolute atomic E-state index is 0.419. The quantitative estimate of drug-likeness (QED) is 0.654. The lowest BCUT2D eigenvalue weighted by atomic mass is 10.3. The summed E-state index contributed by atoms with van der Waals surface area (Å²) in [6.07, 6.45) is 4.40. The number of rotatable bonds is 5. The van der Waals surface area contributed by atoms with Crippen molar-refractivity contribution in [1.29, 1.82) is 0 Å². The van der Waals surface area contributed by atoms with Crippen LogP contribution in [0.25, 0.3) is 0 Å². The Morgan fingerprint density at radius 1 is 1.33 bits per heavy atom. The van der Waals surface area contributed by atoms with Crippen LogP contribution in [0, 0.1) is 0 Å². The SMILES string of the molecule is CSc1nc(N)cc(OCCc2ccccn2)n1.